The Bertz CT molecular complexity index is 895. The number of nitrogens with zero attached hydrogens (tertiary/aromatic N) is 2. The van der Waals surface area contributed by atoms with Gasteiger partial charge in [0.1, 0.15) is 5.82 Å². The van der Waals surface area contributed by atoms with Crippen LogP contribution in [0.25, 0.3) is 0 Å². The Hall–Kier alpha value is -3.06. The van der Waals surface area contributed by atoms with E-state index >= 15 is 0 Å². The lowest BCUT2D eigenvalue weighted by Crippen LogP contribution is -2.34. The maximum Gasteiger partial charge on any atom is 0.278 e. The molecule has 1 unspecified atom stereocenters. The Labute approximate surface area is 143 Å². The van der Waals surface area contributed by atoms with Crippen LogP contribution in [0, 0.1) is 5.82 Å². The van der Waals surface area contributed by atoms with Gasteiger partial charge >= 0.3 is 0 Å². The molecule has 3 rings (SSSR count). The predicted molar refractivity (Wildman–Crippen MR) is 92.2 cm³/mol. The highest BCUT2D eigenvalue weighted by molar-refractivity contribution is 6.20. The molecule has 2 aromatic carbocycles. The molecule has 0 radical (unpaired) electrons. The van der Waals surface area contributed by atoms with Crippen LogP contribution in [0.3, 0.4) is 0 Å². The summed E-state index contributed by atoms with van der Waals surface area (Å²) < 4.78 is 14.3. The Morgan fingerprint density at radius 3 is 2.64 bits per heavy atom. The normalized spacial score (nSPS) is 16.8. The molecular formula is C18H16FN3O3. The molecule has 2 aromatic rings. The maximum atomic E-state index is 14.3. The van der Waals surface area contributed by atoms with E-state index in [1.54, 1.807) is 30.3 Å². The number of carbonyl (C=O) groups excluding carboxylic acids is 2. The van der Waals surface area contributed by atoms with Gasteiger partial charge in [0.2, 0.25) is 12.1 Å². The van der Waals surface area contributed by atoms with Gasteiger partial charge in [-0.15, -0.1) is 0 Å². The van der Waals surface area contributed by atoms with Crippen molar-refractivity contribution in [3.63, 3.8) is 0 Å². The lowest BCUT2D eigenvalue weighted by molar-refractivity contribution is -0.125. The van der Waals surface area contributed by atoms with E-state index in [0.29, 0.717) is 16.9 Å². The van der Waals surface area contributed by atoms with Crippen LogP contribution in [0.5, 0.6) is 0 Å². The average molecular weight is 341 g/mol. The van der Waals surface area contributed by atoms with Gasteiger partial charge in [-0.25, -0.2) is 9.38 Å². The maximum absolute atomic E-state index is 14.3. The molecule has 128 valence electrons. The fourth-order valence-electron chi connectivity index (χ4n) is 2.71. The monoisotopic (exact) mass is 341 g/mol. The zero-order valence-corrected chi connectivity index (χ0v) is 13.7. The van der Waals surface area contributed by atoms with E-state index in [2.05, 4.69) is 10.3 Å². The van der Waals surface area contributed by atoms with E-state index in [9.17, 15) is 19.1 Å². The number of hydrogen-bond donors (Lipinski definition) is 2. The lowest BCUT2D eigenvalue weighted by Gasteiger charge is -2.19. The van der Waals surface area contributed by atoms with Crippen molar-refractivity contribution in [1.29, 1.82) is 0 Å². The molecule has 25 heavy (non-hydrogen) atoms. The number of benzene rings is 2. The number of fused-ring (bicyclic) bond motifs is 1. The first-order valence-corrected chi connectivity index (χ1v) is 7.59. The summed E-state index contributed by atoms with van der Waals surface area (Å²) >= 11 is 0. The Morgan fingerprint density at radius 1 is 1.24 bits per heavy atom. The van der Waals surface area contributed by atoms with Crippen LogP contribution in [-0.2, 0) is 9.59 Å². The van der Waals surface area contributed by atoms with Crippen molar-refractivity contribution in [2.45, 2.75) is 13.2 Å². The standard InChI is InChI=1S/C18H16FN3O3/c1-10(23)20-11-7-8-15-13(9-11)16(12-5-3-4-6-14(12)19)21-17(24)18(25)22(15)2/h3-9,17,24H,1-2H3,(H,20,23). The Morgan fingerprint density at radius 2 is 1.96 bits per heavy atom. The van der Waals surface area contributed by atoms with E-state index in [0.717, 1.165) is 0 Å². The van der Waals surface area contributed by atoms with Crippen molar-refractivity contribution in [1.82, 2.24) is 0 Å². The van der Waals surface area contributed by atoms with Gasteiger partial charge in [-0.05, 0) is 30.3 Å². The van der Waals surface area contributed by atoms with Crippen LogP contribution in [0.15, 0.2) is 47.5 Å². The third-order valence-electron chi connectivity index (χ3n) is 3.87. The molecule has 0 fully saturated rings. The second kappa shape index (κ2) is 6.45. The zero-order chi connectivity index (χ0) is 18.1. The second-order valence-electron chi connectivity index (χ2n) is 5.64. The molecule has 0 bridgehead atoms. The van der Waals surface area contributed by atoms with Gasteiger partial charge in [0.25, 0.3) is 5.91 Å². The summed E-state index contributed by atoms with van der Waals surface area (Å²) in [5.41, 5.74) is 1.67. The molecule has 2 amide bonds. The summed E-state index contributed by atoms with van der Waals surface area (Å²) in [5, 5.41) is 12.7. The number of benzodiazepines with no additional fused rings is 1. The number of aliphatic hydroxyl groups is 1. The van der Waals surface area contributed by atoms with Crippen LogP contribution in [0.4, 0.5) is 15.8 Å². The molecule has 1 atom stereocenters. The number of amides is 2. The molecule has 7 heteroatoms. The van der Waals surface area contributed by atoms with Crippen LogP contribution in [0.1, 0.15) is 18.1 Å². The van der Waals surface area contributed by atoms with E-state index in [1.807, 2.05) is 0 Å². The Kier molecular flexibility index (Phi) is 4.33. The number of aliphatic imine (C=N–C) groups is 1. The SMILES string of the molecule is CC(=O)Nc1ccc2c(c1)C(c1ccccc1F)=NC(O)C(=O)N2C. The molecule has 0 saturated carbocycles. The molecule has 1 aliphatic heterocycles. The van der Waals surface area contributed by atoms with Crippen LogP contribution < -0.4 is 10.2 Å². The molecule has 0 aromatic heterocycles. The van der Waals surface area contributed by atoms with Gasteiger partial charge in [0, 0.05) is 30.8 Å². The van der Waals surface area contributed by atoms with Gasteiger partial charge < -0.3 is 15.3 Å². The van der Waals surface area contributed by atoms with Crippen molar-refractivity contribution < 1.29 is 19.1 Å². The second-order valence-corrected chi connectivity index (χ2v) is 5.64. The summed E-state index contributed by atoms with van der Waals surface area (Å²) in [4.78, 5) is 28.8. The van der Waals surface area contributed by atoms with Crippen molar-refractivity contribution >= 4 is 28.9 Å². The topological polar surface area (TPSA) is 82.0 Å². The van der Waals surface area contributed by atoms with Crippen LogP contribution >= 0.6 is 0 Å². The lowest BCUT2D eigenvalue weighted by atomic mass is 9.99. The zero-order valence-electron chi connectivity index (χ0n) is 13.7. The third-order valence-corrected chi connectivity index (χ3v) is 3.87. The average Bonchev–Trinajstić information content (AvgIpc) is 2.66. The summed E-state index contributed by atoms with van der Waals surface area (Å²) in [6, 6.07) is 10.8. The number of anilines is 2. The smallest absolute Gasteiger partial charge is 0.278 e. The summed E-state index contributed by atoms with van der Waals surface area (Å²) in [6.45, 7) is 1.37. The number of carbonyl (C=O) groups is 2. The van der Waals surface area contributed by atoms with Crippen LogP contribution in [0.2, 0.25) is 0 Å². The fourth-order valence-corrected chi connectivity index (χ4v) is 2.71. The molecule has 1 heterocycles. The highest BCUT2D eigenvalue weighted by Crippen LogP contribution is 2.30. The predicted octanol–water partition coefficient (Wildman–Crippen LogP) is 1.92. The molecule has 0 spiro atoms. The molecular weight excluding hydrogens is 325 g/mol. The Balaban J connectivity index is 2.25. The third kappa shape index (κ3) is 3.14. The number of likely N-dealkylation sites (N-methyl/N-ethyl adjacent to an activating group) is 1. The number of aliphatic hydroxyl groups excluding tert-OH is 1. The molecule has 1 aliphatic rings. The summed E-state index contributed by atoms with van der Waals surface area (Å²) in [7, 11) is 1.50. The van der Waals surface area contributed by atoms with Crippen molar-refractivity contribution in [3.05, 3.63) is 59.4 Å². The van der Waals surface area contributed by atoms with Crippen molar-refractivity contribution in [2.24, 2.45) is 4.99 Å². The van der Waals surface area contributed by atoms with E-state index < -0.39 is 18.0 Å². The van der Waals surface area contributed by atoms with Crippen molar-refractivity contribution in [3.8, 4) is 0 Å². The first kappa shape index (κ1) is 16.8. The molecule has 2 N–H and O–H groups in total. The number of nitrogens with one attached hydrogen (secondary N) is 1. The first-order chi connectivity index (χ1) is 11.9. The number of hydrogen-bond acceptors (Lipinski definition) is 4. The van der Waals surface area contributed by atoms with Gasteiger partial charge in [-0.1, -0.05) is 12.1 Å². The van der Waals surface area contributed by atoms with Gasteiger partial charge in [-0.2, -0.15) is 0 Å². The van der Waals surface area contributed by atoms with Gasteiger partial charge in [0.05, 0.1) is 11.4 Å². The van der Waals surface area contributed by atoms with E-state index in [4.69, 9.17) is 0 Å². The summed E-state index contributed by atoms with van der Waals surface area (Å²) in [6.07, 6.45) is -1.64. The van der Waals surface area contributed by atoms with Gasteiger partial charge in [-0.3, -0.25) is 9.59 Å². The number of halogens is 1. The minimum absolute atomic E-state index is 0.144. The highest BCUT2D eigenvalue weighted by Gasteiger charge is 2.29. The van der Waals surface area contributed by atoms with Gasteiger partial charge in [0.15, 0.2) is 0 Å². The summed E-state index contributed by atoms with van der Waals surface area (Å²) in [5.74, 6) is -1.41. The molecule has 6 nitrogen and oxygen atoms in total. The quantitative estimate of drug-likeness (QED) is 0.875. The molecule has 0 aliphatic carbocycles. The van der Waals surface area contributed by atoms with E-state index in [-0.39, 0.29) is 17.2 Å². The van der Waals surface area contributed by atoms with Crippen molar-refractivity contribution in [2.75, 3.05) is 17.3 Å². The highest BCUT2D eigenvalue weighted by atomic mass is 19.1. The molecule has 0 saturated heterocycles. The largest absolute Gasteiger partial charge is 0.364 e. The minimum Gasteiger partial charge on any atom is -0.364 e. The minimum atomic E-state index is -1.64. The first-order valence-electron chi connectivity index (χ1n) is 7.59. The van der Waals surface area contributed by atoms with Crippen LogP contribution in [-0.4, -0.2) is 35.9 Å². The fraction of sp³-hybridized carbons (Fsp3) is 0.167. The number of rotatable bonds is 2. The van der Waals surface area contributed by atoms with E-state index in [1.165, 1.54) is 31.0 Å².